The Morgan fingerprint density at radius 3 is 2.55 bits per heavy atom. The summed E-state index contributed by atoms with van der Waals surface area (Å²) < 4.78 is 0. The molecule has 2 saturated heterocycles. The Morgan fingerprint density at radius 2 is 1.85 bits per heavy atom. The third kappa shape index (κ3) is 2.22. The van der Waals surface area contributed by atoms with Crippen molar-refractivity contribution in [1.82, 2.24) is 9.80 Å². The molecule has 1 aliphatic carbocycles. The SMILES string of the molecule is CN1C2CCC1CN(C(=O)C1(C#N)CCCCC1)CC2. The molecule has 0 aromatic rings. The molecule has 0 N–H and O–H groups in total. The Morgan fingerprint density at radius 1 is 1.15 bits per heavy atom. The first-order valence-corrected chi connectivity index (χ1v) is 8.09. The predicted octanol–water partition coefficient (Wildman–Crippen LogP) is 2.16. The van der Waals surface area contributed by atoms with Gasteiger partial charge in [0.1, 0.15) is 5.41 Å². The van der Waals surface area contributed by atoms with Crippen molar-refractivity contribution in [3.8, 4) is 6.07 Å². The predicted molar refractivity (Wildman–Crippen MR) is 76.9 cm³/mol. The van der Waals surface area contributed by atoms with E-state index in [0.717, 1.165) is 45.2 Å². The zero-order chi connectivity index (χ0) is 14.2. The van der Waals surface area contributed by atoms with Crippen molar-refractivity contribution in [3.05, 3.63) is 0 Å². The zero-order valence-corrected chi connectivity index (χ0v) is 12.5. The van der Waals surface area contributed by atoms with Crippen LogP contribution < -0.4 is 0 Å². The van der Waals surface area contributed by atoms with Gasteiger partial charge in [-0.1, -0.05) is 19.3 Å². The molecule has 0 aromatic heterocycles. The number of rotatable bonds is 1. The van der Waals surface area contributed by atoms with Crippen LogP contribution in [0.15, 0.2) is 0 Å². The Balaban J connectivity index is 1.75. The number of fused-ring (bicyclic) bond motifs is 2. The van der Waals surface area contributed by atoms with Crippen LogP contribution in [-0.2, 0) is 4.79 Å². The van der Waals surface area contributed by atoms with Crippen LogP contribution >= 0.6 is 0 Å². The van der Waals surface area contributed by atoms with E-state index in [2.05, 4.69) is 18.0 Å². The molecule has 1 amide bonds. The van der Waals surface area contributed by atoms with Crippen molar-refractivity contribution < 1.29 is 4.79 Å². The van der Waals surface area contributed by atoms with Gasteiger partial charge in [-0.05, 0) is 39.2 Å². The van der Waals surface area contributed by atoms with Crippen molar-refractivity contribution in [2.75, 3.05) is 20.1 Å². The fourth-order valence-electron chi connectivity index (χ4n) is 4.32. The van der Waals surface area contributed by atoms with Crippen LogP contribution in [0.2, 0.25) is 0 Å². The first-order chi connectivity index (χ1) is 9.66. The molecule has 4 nitrogen and oxygen atoms in total. The number of hydrogen-bond acceptors (Lipinski definition) is 3. The van der Waals surface area contributed by atoms with Crippen LogP contribution in [0.5, 0.6) is 0 Å². The number of nitrogens with zero attached hydrogens (tertiary/aromatic N) is 3. The number of likely N-dealkylation sites (tertiary alicyclic amines) is 1. The fraction of sp³-hybridized carbons (Fsp3) is 0.875. The standard InChI is InChI=1S/C16H25N3O/c1-18-13-5-6-14(18)11-19(10-7-13)15(20)16(12-17)8-3-2-4-9-16/h13-14H,2-11H2,1H3. The number of likely N-dealkylation sites (N-methyl/N-ethyl adjacent to an activating group) is 1. The molecule has 1 saturated carbocycles. The maximum Gasteiger partial charge on any atom is 0.243 e. The van der Waals surface area contributed by atoms with Crippen molar-refractivity contribution >= 4 is 5.91 Å². The topological polar surface area (TPSA) is 47.3 Å². The lowest BCUT2D eigenvalue weighted by atomic mass is 9.74. The molecular formula is C16H25N3O. The highest BCUT2D eigenvalue weighted by Gasteiger charge is 2.45. The number of carbonyl (C=O) groups excluding carboxylic acids is 1. The lowest BCUT2D eigenvalue weighted by Gasteiger charge is -2.35. The molecule has 110 valence electrons. The number of amides is 1. The largest absolute Gasteiger partial charge is 0.340 e. The molecule has 2 aliphatic heterocycles. The van der Waals surface area contributed by atoms with Crippen LogP contribution in [0.4, 0.5) is 0 Å². The summed E-state index contributed by atoms with van der Waals surface area (Å²) in [5.41, 5.74) is -0.708. The van der Waals surface area contributed by atoms with Gasteiger partial charge in [0, 0.05) is 25.2 Å². The summed E-state index contributed by atoms with van der Waals surface area (Å²) >= 11 is 0. The van der Waals surface area contributed by atoms with E-state index in [1.807, 2.05) is 4.90 Å². The van der Waals surface area contributed by atoms with Crippen LogP contribution in [0, 0.1) is 16.7 Å². The van der Waals surface area contributed by atoms with Crippen molar-refractivity contribution in [3.63, 3.8) is 0 Å². The molecule has 0 spiro atoms. The van der Waals surface area contributed by atoms with Crippen LogP contribution in [0.25, 0.3) is 0 Å². The first-order valence-electron chi connectivity index (χ1n) is 8.09. The highest BCUT2D eigenvalue weighted by Crippen LogP contribution is 2.39. The summed E-state index contributed by atoms with van der Waals surface area (Å²) in [5.74, 6) is 0.126. The third-order valence-electron chi connectivity index (χ3n) is 5.77. The Hall–Kier alpha value is -1.08. The highest BCUT2D eigenvalue weighted by molar-refractivity contribution is 5.85. The molecule has 0 radical (unpaired) electrons. The Kier molecular flexibility index (Phi) is 3.72. The van der Waals surface area contributed by atoms with Gasteiger partial charge in [-0.15, -0.1) is 0 Å². The summed E-state index contributed by atoms with van der Waals surface area (Å²) in [5, 5.41) is 9.59. The molecular weight excluding hydrogens is 250 g/mol. The highest BCUT2D eigenvalue weighted by atomic mass is 16.2. The maximum absolute atomic E-state index is 12.9. The summed E-state index contributed by atoms with van der Waals surface area (Å²) in [6, 6.07) is 3.53. The minimum Gasteiger partial charge on any atom is -0.340 e. The minimum atomic E-state index is -0.708. The van der Waals surface area contributed by atoms with E-state index in [1.54, 1.807) is 0 Å². The van der Waals surface area contributed by atoms with Gasteiger partial charge >= 0.3 is 0 Å². The van der Waals surface area contributed by atoms with Crippen LogP contribution in [-0.4, -0.2) is 47.9 Å². The van der Waals surface area contributed by atoms with Gasteiger partial charge in [-0.25, -0.2) is 0 Å². The summed E-state index contributed by atoms with van der Waals surface area (Å²) in [6.45, 7) is 1.67. The van der Waals surface area contributed by atoms with Crippen molar-refractivity contribution in [1.29, 1.82) is 5.26 Å². The van der Waals surface area contributed by atoms with Gasteiger partial charge in [-0.2, -0.15) is 5.26 Å². The lowest BCUT2D eigenvalue weighted by molar-refractivity contribution is -0.141. The average molecular weight is 275 g/mol. The lowest BCUT2D eigenvalue weighted by Crippen LogP contribution is -2.47. The third-order valence-corrected chi connectivity index (χ3v) is 5.77. The quantitative estimate of drug-likeness (QED) is 0.736. The van der Waals surface area contributed by atoms with Gasteiger partial charge in [-0.3, -0.25) is 9.69 Å². The van der Waals surface area contributed by atoms with E-state index in [-0.39, 0.29) is 5.91 Å². The molecule has 20 heavy (non-hydrogen) atoms. The molecule has 3 fully saturated rings. The molecule has 2 heterocycles. The minimum absolute atomic E-state index is 0.126. The molecule has 0 aromatic carbocycles. The van der Waals surface area contributed by atoms with Crippen LogP contribution in [0.1, 0.15) is 51.4 Å². The van der Waals surface area contributed by atoms with E-state index in [9.17, 15) is 10.1 Å². The molecule has 4 heteroatoms. The second-order valence-corrected chi connectivity index (χ2v) is 6.84. The molecule has 3 aliphatic rings. The zero-order valence-electron chi connectivity index (χ0n) is 12.5. The Bertz CT molecular complexity index is 422. The second kappa shape index (κ2) is 5.37. The number of hydrogen-bond donors (Lipinski definition) is 0. The summed E-state index contributed by atoms with van der Waals surface area (Å²) in [7, 11) is 2.19. The van der Waals surface area contributed by atoms with Gasteiger partial charge in [0.15, 0.2) is 0 Å². The van der Waals surface area contributed by atoms with E-state index >= 15 is 0 Å². The van der Waals surface area contributed by atoms with E-state index in [1.165, 1.54) is 19.3 Å². The molecule has 2 atom stereocenters. The van der Waals surface area contributed by atoms with Gasteiger partial charge in [0.25, 0.3) is 0 Å². The fourth-order valence-corrected chi connectivity index (χ4v) is 4.32. The van der Waals surface area contributed by atoms with E-state index < -0.39 is 5.41 Å². The van der Waals surface area contributed by atoms with Crippen molar-refractivity contribution in [2.24, 2.45) is 5.41 Å². The average Bonchev–Trinajstić information content (AvgIpc) is 2.72. The second-order valence-electron chi connectivity index (χ2n) is 6.84. The molecule has 2 unspecified atom stereocenters. The van der Waals surface area contributed by atoms with E-state index in [4.69, 9.17) is 0 Å². The van der Waals surface area contributed by atoms with Crippen molar-refractivity contribution in [2.45, 2.75) is 63.5 Å². The number of nitriles is 1. The summed E-state index contributed by atoms with van der Waals surface area (Å²) in [6.07, 6.45) is 8.30. The van der Waals surface area contributed by atoms with Crippen LogP contribution in [0.3, 0.4) is 0 Å². The van der Waals surface area contributed by atoms with Gasteiger partial charge in [0.2, 0.25) is 5.91 Å². The number of carbonyl (C=O) groups is 1. The summed E-state index contributed by atoms with van der Waals surface area (Å²) in [4.78, 5) is 17.4. The normalized spacial score (nSPS) is 33.5. The Labute approximate surface area is 121 Å². The monoisotopic (exact) mass is 275 g/mol. The van der Waals surface area contributed by atoms with E-state index in [0.29, 0.717) is 12.1 Å². The smallest absolute Gasteiger partial charge is 0.243 e. The molecule has 3 rings (SSSR count). The van der Waals surface area contributed by atoms with Gasteiger partial charge < -0.3 is 4.90 Å². The molecule has 2 bridgehead atoms. The van der Waals surface area contributed by atoms with Gasteiger partial charge in [0.05, 0.1) is 6.07 Å². The maximum atomic E-state index is 12.9. The first kappa shape index (κ1) is 13.9.